The summed E-state index contributed by atoms with van der Waals surface area (Å²) in [6.45, 7) is 2.25. The lowest BCUT2D eigenvalue weighted by molar-refractivity contribution is 0.0296. The van der Waals surface area contributed by atoms with E-state index >= 15 is 0 Å². The van der Waals surface area contributed by atoms with Gasteiger partial charge in [0.25, 0.3) is 0 Å². The number of ether oxygens (including phenoxy) is 1. The van der Waals surface area contributed by atoms with E-state index < -0.39 is 5.60 Å². The topological polar surface area (TPSA) is 26.3 Å². The molecule has 0 amide bonds. The summed E-state index contributed by atoms with van der Waals surface area (Å²) < 4.78 is 6.50. The second-order valence-corrected chi connectivity index (χ2v) is 7.43. The lowest BCUT2D eigenvalue weighted by Crippen LogP contribution is -2.39. The van der Waals surface area contributed by atoms with Gasteiger partial charge in [-0.15, -0.1) is 0 Å². The maximum Gasteiger partial charge on any atom is 0.170 e. The zero-order chi connectivity index (χ0) is 18.2. The average Bonchev–Trinajstić information content (AvgIpc) is 2.68. The predicted molar refractivity (Wildman–Crippen MR) is 107 cm³/mol. The van der Waals surface area contributed by atoms with Crippen molar-refractivity contribution in [3.8, 4) is 5.75 Å². The number of Topliss-reactive ketones (excluding diaryl/α,β-unsaturated/α-hetero) is 1. The number of fused-ring (bicyclic) bond motifs is 1. The van der Waals surface area contributed by atoms with E-state index in [9.17, 15) is 4.79 Å². The minimum Gasteiger partial charge on any atom is -0.481 e. The highest BCUT2D eigenvalue weighted by Gasteiger charge is 2.41. The molecule has 0 bridgehead atoms. The van der Waals surface area contributed by atoms with Crippen molar-refractivity contribution < 1.29 is 9.53 Å². The molecule has 0 saturated heterocycles. The van der Waals surface area contributed by atoms with Gasteiger partial charge >= 0.3 is 0 Å². The average molecular weight is 351 g/mol. The molecule has 1 atom stereocenters. The Morgan fingerprint density at radius 1 is 0.846 bits per heavy atom. The summed E-state index contributed by atoms with van der Waals surface area (Å²) in [4.78, 5) is 12.8. The van der Waals surface area contributed by atoms with Crippen molar-refractivity contribution in [2.75, 3.05) is 0 Å². The number of para-hydroxylation sites is 1. The van der Waals surface area contributed by atoms with Crippen molar-refractivity contribution in [1.82, 2.24) is 0 Å². The predicted octanol–water partition coefficient (Wildman–Crippen LogP) is 6.69. The van der Waals surface area contributed by atoms with Crippen molar-refractivity contribution in [3.05, 3.63) is 65.7 Å². The van der Waals surface area contributed by atoms with Crippen LogP contribution in [0.1, 0.15) is 80.6 Å². The van der Waals surface area contributed by atoms with Gasteiger partial charge in [-0.05, 0) is 30.5 Å². The fourth-order valence-electron chi connectivity index (χ4n) is 3.94. The molecule has 26 heavy (non-hydrogen) atoms. The van der Waals surface area contributed by atoms with Gasteiger partial charge in [-0.1, -0.05) is 87.9 Å². The molecule has 1 heterocycles. The molecular weight excluding hydrogens is 320 g/mol. The van der Waals surface area contributed by atoms with Gasteiger partial charge in [0.2, 0.25) is 0 Å². The Labute approximate surface area is 157 Å². The Balaban J connectivity index is 1.72. The highest BCUT2D eigenvalue weighted by Crippen LogP contribution is 2.42. The monoisotopic (exact) mass is 350 g/mol. The molecule has 3 rings (SSSR count). The summed E-state index contributed by atoms with van der Waals surface area (Å²) in [5.41, 5.74) is 1.32. The first-order chi connectivity index (χ1) is 12.7. The highest BCUT2D eigenvalue weighted by molar-refractivity contribution is 6.00. The van der Waals surface area contributed by atoms with Crippen LogP contribution < -0.4 is 4.74 Å². The molecule has 1 aliphatic rings. The second-order valence-electron chi connectivity index (χ2n) is 7.43. The summed E-state index contributed by atoms with van der Waals surface area (Å²) in [6.07, 6.45) is 10.2. The number of benzene rings is 2. The van der Waals surface area contributed by atoms with Crippen LogP contribution in [0.4, 0.5) is 0 Å². The quantitative estimate of drug-likeness (QED) is 0.471. The minimum absolute atomic E-state index is 0.193. The number of ketones is 1. The van der Waals surface area contributed by atoms with E-state index in [1.54, 1.807) is 0 Å². The lowest BCUT2D eigenvalue weighted by atomic mass is 9.80. The van der Waals surface area contributed by atoms with Gasteiger partial charge in [-0.3, -0.25) is 4.79 Å². The number of unbranched alkanes of at least 4 members (excludes halogenated alkanes) is 6. The summed E-state index contributed by atoms with van der Waals surface area (Å²) in [5, 5.41) is 0. The molecular formula is C24H30O2. The van der Waals surface area contributed by atoms with Crippen LogP contribution >= 0.6 is 0 Å². The molecule has 0 aromatic heterocycles. The lowest BCUT2D eigenvalue weighted by Gasteiger charge is -2.38. The number of carbonyl (C=O) groups is 1. The van der Waals surface area contributed by atoms with E-state index in [2.05, 4.69) is 19.1 Å². The molecule has 138 valence electrons. The molecule has 2 nitrogen and oxygen atoms in total. The van der Waals surface area contributed by atoms with Crippen molar-refractivity contribution in [3.63, 3.8) is 0 Å². The smallest absolute Gasteiger partial charge is 0.170 e. The molecule has 0 spiro atoms. The normalized spacial score (nSPS) is 19.0. The largest absolute Gasteiger partial charge is 0.481 e. The molecule has 0 aliphatic carbocycles. The fourth-order valence-corrected chi connectivity index (χ4v) is 3.94. The van der Waals surface area contributed by atoms with Crippen LogP contribution in [0, 0.1) is 0 Å². The van der Waals surface area contributed by atoms with Crippen LogP contribution in [0.15, 0.2) is 54.6 Å². The van der Waals surface area contributed by atoms with E-state index in [-0.39, 0.29) is 5.78 Å². The summed E-state index contributed by atoms with van der Waals surface area (Å²) in [5.74, 6) is 0.925. The summed E-state index contributed by atoms with van der Waals surface area (Å²) >= 11 is 0. The van der Waals surface area contributed by atoms with Gasteiger partial charge in [-0.25, -0.2) is 0 Å². The second kappa shape index (κ2) is 9.02. The molecule has 0 radical (unpaired) electrons. The highest BCUT2D eigenvalue weighted by atomic mass is 16.5. The summed E-state index contributed by atoms with van der Waals surface area (Å²) in [6, 6.07) is 17.9. The van der Waals surface area contributed by atoms with Crippen molar-refractivity contribution in [2.24, 2.45) is 0 Å². The van der Waals surface area contributed by atoms with Crippen LogP contribution in [0.3, 0.4) is 0 Å². The standard InChI is InChI=1S/C24H30O2/c1-2-3-4-5-6-7-13-18-24(20-14-9-8-10-15-20)19-22(25)21-16-11-12-17-23(21)26-24/h8-12,14-17H,2-7,13,18-19H2,1H3. The Morgan fingerprint density at radius 3 is 2.27 bits per heavy atom. The fraction of sp³-hybridized carbons (Fsp3) is 0.458. The summed E-state index contributed by atoms with van der Waals surface area (Å²) in [7, 11) is 0. The van der Waals surface area contributed by atoms with E-state index in [4.69, 9.17) is 4.74 Å². The maximum atomic E-state index is 12.8. The van der Waals surface area contributed by atoms with Gasteiger partial charge in [-0.2, -0.15) is 0 Å². The van der Waals surface area contributed by atoms with Crippen LogP contribution in [0.5, 0.6) is 5.75 Å². The third-order valence-electron chi connectivity index (χ3n) is 5.42. The first-order valence-electron chi connectivity index (χ1n) is 10.1. The Hall–Kier alpha value is -2.09. The first-order valence-corrected chi connectivity index (χ1v) is 10.1. The molecule has 2 heteroatoms. The van der Waals surface area contributed by atoms with Gasteiger partial charge in [0.05, 0.1) is 12.0 Å². The molecule has 1 aliphatic heterocycles. The van der Waals surface area contributed by atoms with Crippen LogP contribution in [-0.2, 0) is 5.60 Å². The van der Waals surface area contributed by atoms with Gasteiger partial charge in [0.15, 0.2) is 5.78 Å². The van der Waals surface area contributed by atoms with Crippen LogP contribution in [0.2, 0.25) is 0 Å². The zero-order valence-corrected chi connectivity index (χ0v) is 15.9. The van der Waals surface area contributed by atoms with Crippen molar-refractivity contribution in [1.29, 1.82) is 0 Å². The van der Waals surface area contributed by atoms with Crippen LogP contribution in [-0.4, -0.2) is 5.78 Å². The number of hydrogen-bond acceptors (Lipinski definition) is 2. The first kappa shape index (κ1) is 18.7. The van der Waals surface area contributed by atoms with E-state index in [0.717, 1.165) is 29.7 Å². The molecule has 2 aromatic rings. The minimum atomic E-state index is -0.518. The molecule has 0 saturated carbocycles. The maximum absolute atomic E-state index is 12.8. The van der Waals surface area contributed by atoms with Gasteiger partial charge < -0.3 is 4.74 Å². The Bertz CT molecular complexity index is 707. The molecule has 2 aromatic carbocycles. The van der Waals surface area contributed by atoms with Gasteiger partial charge in [0.1, 0.15) is 11.4 Å². The molecule has 0 fully saturated rings. The number of carbonyl (C=O) groups excluding carboxylic acids is 1. The van der Waals surface area contributed by atoms with Crippen molar-refractivity contribution >= 4 is 5.78 Å². The Morgan fingerprint density at radius 2 is 1.50 bits per heavy atom. The molecule has 1 unspecified atom stereocenters. The SMILES string of the molecule is CCCCCCCCCC1(c2ccccc2)CC(=O)c2ccccc2O1. The van der Waals surface area contributed by atoms with E-state index in [1.807, 2.05) is 42.5 Å². The third-order valence-corrected chi connectivity index (χ3v) is 5.42. The van der Waals surface area contributed by atoms with Gasteiger partial charge in [0, 0.05) is 0 Å². The van der Waals surface area contributed by atoms with E-state index in [0.29, 0.717) is 6.42 Å². The zero-order valence-electron chi connectivity index (χ0n) is 15.9. The number of hydrogen-bond donors (Lipinski definition) is 0. The number of rotatable bonds is 9. The Kier molecular flexibility index (Phi) is 6.49. The van der Waals surface area contributed by atoms with Crippen molar-refractivity contribution in [2.45, 2.75) is 70.3 Å². The molecule has 0 N–H and O–H groups in total. The van der Waals surface area contributed by atoms with E-state index in [1.165, 1.54) is 38.5 Å². The third kappa shape index (κ3) is 4.35. The van der Waals surface area contributed by atoms with Crippen LogP contribution in [0.25, 0.3) is 0 Å².